The lowest BCUT2D eigenvalue weighted by molar-refractivity contribution is 0.327. The van der Waals surface area contributed by atoms with Gasteiger partial charge in [0.1, 0.15) is 28.6 Å². The molecule has 8 nitrogen and oxygen atoms in total. The summed E-state index contributed by atoms with van der Waals surface area (Å²) in [6.45, 7) is 4.04. The number of piperazine rings is 1. The van der Waals surface area contributed by atoms with Gasteiger partial charge < -0.3 is 14.2 Å². The van der Waals surface area contributed by atoms with Crippen LogP contribution in [0.3, 0.4) is 0 Å². The lowest BCUT2D eigenvalue weighted by Gasteiger charge is -2.34. The second kappa shape index (κ2) is 8.75. The Morgan fingerprint density at radius 3 is 2.43 bits per heavy atom. The number of benzene rings is 1. The van der Waals surface area contributed by atoms with E-state index in [0.29, 0.717) is 43.0 Å². The summed E-state index contributed by atoms with van der Waals surface area (Å²) in [5.41, 5.74) is 0. The minimum absolute atomic E-state index is 0.184. The van der Waals surface area contributed by atoms with Gasteiger partial charge in [0.15, 0.2) is 0 Å². The number of halogens is 1. The summed E-state index contributed by atoms with van der Waals surface area (Å²) in [5, 5.41) is 0. The third-order valence-corrected chi connectivity index (χ3v) is 7.31. The van der Waals surface area contributed by atoms with Crippen molar-refractivity contribution in [3.8, 4) is 11.6 Å². The van der Waals surface area contributed by atoms with E-state index < -0.39 is 10.0 Å². The Morgan fingerprint density at radius 2 is 1.73 bits per heavy atom. The number of hydrogen-bond donors (Lipinski definition) is 0. The van der Waals surface area contributed by atoms with Crippen LogP contribution >= 0.6 is 15.9 Å². The van der Waals surface area contributed by atoms with Crippen LogP contribution in [0.15, 0.2) is 64.5 Å². The maximum atomic E-state index is 13.3. The molecule has 0 spiro atoms. The highest BCUT2D eigenvalue weighted by molar-refractivity contribution is 9.10. The molecular formula is C20H22BrN5O3S. The minimum atomic E-state index is -3.67. The van der Waals surface area contributed by atoms with E-state index >= 15 is 0 Å². The van der Waals surface area contributed by atoms with Crippen molar-refractivity contribution in [1.82, 2.24) is 18.8 Å². The summed E-state index contributed by atoms with van der Waals surface area (Å²) in [5.74, 6) is 1.93. The molecule has 2 aromatic heterocycles. The zero-order chi connectivity index (χ0) is 21.1. The fourth-order valence-corrected chi connectivity index (χ4v) is 5.49. The molecule has 1 aromatic carbocycles. The van der Waals surface area contributed by atoms with Gasteiger partial charge >= 0.3 is 0 Å². The topological polar surface area (TPSA) is 80.6 Å². The van der Waals surface area contributed by atoms with Gasteiger partial charge in [-0.2, -0.15) is 4.31 Å². The molecular weight excluding hydrogens is 470 g/mol. The summed E-state index contributed by atoms with van der Waals surface area (Å²) in [7, 11) is -3.67. The highest BCUT2D eigenvalue weighted by Gasteiger charge is 2.31. The Kier molecular flexibility index (Phi) is 6.07. The fraction of sp³-hybridized carbons (Fsp3) is 0.300. The largest absolute Gasteiger partial charge is 0.492 e. The number of rotatable bonds is 6. The van der Waals surface area contributed by atoms with Gasteiger partial charge in [0.25, 0.3) is 0 Å². The maximum absolute atomic E-state index is 13.3. The van der Waals surface area contributed by atoms with Crippen molar-refractivity contribution in [2.24, 2.45) is 0 Å². The number of ether oxygens (including phenoxy) is 1. The predicted octanol–water partition coefficient (Wildman–Crippen LogP) is 2.94. The fourth-order valence-electron chi connectivity index (χ4n) is 3.39. The number of nitrogens with zero attached hydrogens (tertiary/aromatic N) is 5. The summed E-state index contributed by atoms with van der Waals surface area (Å²) in [6, 6.07) is 10.8. The van der Waals surface area contributed by atoms with Crippen LogP contribution in [0.1, 0.15) is 6.92 Å². The summed E-state index contributed by atoms with van der Waals surface area (Å²) < 4.78 is 36.2. The van der Waals surface area contributed by atoms with E-state index in [4.69, 9.17) is 4.74 Å². The van der Waals surface area contributed by atoms with Gasteiger partial charge in [0, 0.05) is 49.1 Å². The van der Waals surface area contributed by atoms with Crippen LogP contribution in [0.5, 0.6) is 5.75 Å². The van der Waals surface area contributed by atoms with Gasteiger partial charge in [0.05, 0.1) is 6.61 Å². The van der Waals surface area contributed by atoms with Crippen LogP contribution in [0.4, 0.5) is 5.82 Å². The predicted molar refractivity (Wildman–Crippen MR) is 118 cm³/mol. The quantitative estimate of drug-likeness (QED) is 0.527. The van der Waals surface area contributed by atoms with Crippen LogP contribution in [-0.4, -0.2) is 60.0 Å². The Bertz CT molecular complexity index is 1110. The van der Waals surface area contributed by atoms with Crippen molar-refractivity contribution < 1.29 is 13.2 Å². The van der Waals surface area contributed by atoms with E-state index in [0.717, 1.165) is 11.6 Å². The molecule has 10 heteroatoms. The average molecular weight is 492 g/mol. The molecule has 0 saturated carbocycles. The van der Waals surface area contributed by atoms with Crippen LogP contribution < -0.4 is 9.64 Å². The van der Waals surface area contributed by atoms with Gasteiger partial charge in [0.2, 0.25) is 10.0 Å². The molecule has 1 aliphatic rings. The molecule has 0 aliphatic carbocycles. The molecule has 3 heterocycles. The number of sulfonamides is 1. The normalized spacial score (nSPS) is 15.3. The van der Waals surface area contributed by atoms with E-state index in [2.05, 4.69) is 30.8 Å². The summed E-state index contributed by atoms with van der Waals surface area (Å²) in [6.07, 6.45) is 5.37. The molecule has 0 N–H and O–H groups in total. The first kappa shape index (κ1) is 20.8. The average Bonchev–Trinajstić information content (AvgIpc) is 3.30. The van der Waals surface area contributed by atoms with E-state index in [1.54, 1.807) is 18.2 Å². The molecule has 1 saturated heterocycles. The molecule has 3 aromatic rings. The maximum Gasteiger partial charge on any atom is 0.246 e. The Hall–Kier alpha value is -2.43. The monoisotopic (exact) mass is 491 g/mol. The van der Waals surface area contributed by atoms with Crippen LogP contribution in [0.2, 0.25) is 0 Å². The van der Waals surface area contributed by atoms with E-state index in [1.165, 1.54) is 10.6 Å². The second-order valence-electron chi connectivity index (χ2n) is 6.74. The molecule has 4 rings (SSSR count). The third-order valence-electron chi connectivity index (χ3n) is 4.89. The number of anilines is 1. The Balaban J connectivity index is 1.51. The lowest BCUT2D eigenvalue weighted by Crippen LogP contribution is -2.49. The highest BCUT2D eigenvalue weighted by Crippen LogP contribution is 2.31. The Morgan fingerprint density at radius 1 is 1.03 bits per heavy atom. The Labute approximate surface area is 184 Å². The van der Waals surface area contributed by atoms with Gasteiger partial charge in [-0.1, -0.05) is 15.9 Å². The summed E-state index contributed by atoms with van der Waals surface area (Å²) in [4.78, 5) is 10.9. The third kappa shape index (κ3) is 4.21. The smallest absolute Gasteiger partial charge is 0.246 e. The van der Waals surface area contributed by atoms with Crippen molar-refractivity contribution in [1.29, 1.82) is 0 Å². The number of aromatic nitrogens is 3. The van der Waals surface area contributed by atoms with Gasteiger partial charge in [-0.15, -0.1) is 0 Å². The number of hydrogen-bond acceptors (Lipinski definition) is 6. The van der Waals surface area contributed by atoms with E-state index in [-0.39, 0.29) is 4.90 Å². The minimum Gasteiger partial charge on any atom is -0.492 e. The molecule has 0 unspecified atom stereocenters. The first-order valence-corrected chi connectivity index (χ1v) is 11.8. The SMILES string of the molecule is CCOc1ccc(Br)cc1S(=O)(=O)N1CCN(c2cc(-n3cccc3)ncn2)CC1. The highest BCUT2D eigenvalue weighted by atomic mass is 79.9. The molecule has 0 radical (unpaired) electrons. The van der Waals surface area contributed by atoms with Crippen LogP contribution in [0.25, 0.3) is 5.82 Å². The van der Waals surface area contributed by atoms with E-state index in [9.17, 15) is 8.42 Å². The van der Waals surface area contributed by atoms with Crippen molar-refractivity contribution >= 4 is 31.8 Å². The summed E-state index contributed by atoms with van der Waals surface area (Å²) >= 11 is 3.36. The zero-order valence-electron chi connectivity index (χ0n) is 16.5. The molecule has 1 aliphatic heterocycles. The second-order valence-corrected chi connectivity index (χ2v) is 9.56. The zero-order valence-corrected chi connectivity index (χ0v) is 18.9. The molecule has 1 fully saturated rings. The molecule has 0 atom stereocenters. The van der Waals surface area contributed by atoms with Crippen molar-refractivity contribution in [3.63, 3.8) is 0 Å². The van der Waals surface area contributed by atoms with Crippen molar-refractivity contribution in [3.05, 3.63) is 59.6 Å². The first-order valence-electron chi connectivity index (χ1n) is 9.62. The van der Waals surface area contributed by atoms with Crippen LogP contribution in [0, 0.1) is 0 Å². The van der Waals surface area contributed by atoms with Crippen LogP contribution in [-0.2, 0) is 10.0 Å². The van der Waals surface area contributed by atoms with Gasteiger partial charge in [-0.05, 0) is 37.3 Å². The first-order chi connectivity index (χ1) is 14.5. The van der Waals surface area contributed by atoms with Crippen molar-refractivity contribution in [2.75, 3.05) is 37.7 Å². The molecule has 30 heavy (non-hydrogen) atoms. The van der Waals surface area contributed by atoms with E-state index in [1.807, 2.05) is 42.1 Å². The van der Waals surface area contributed by atoms with Crippen molar-refractivity contribution in [2.45, 2.75) is 11.8 Å². The van der Waals surface area contributed by atoms with Gasteiger partial charge in [-0.3, -0.25) is 0 Å². The standard InChI is InChI=1S/C20H22BrN5O3S/c1-2-29-17-6-5-16(21)13-18(17)30(27,28)26-11-9-25(10-12-26)20-14-19(22-15-23-20)24-7-3-4-8-24/h3-8,13-15H,2,9-12H2,1H3. The molecule has 158 valence electrons. The van der Waals surface area contributed by atoms with Gasteiger partial charge in [-0.25, -0.2) is 18.4 Å². The molecule has 0 amide bonds. The molecule has 0 bridgehead atoms. The lowest BCUT2D eigenvalue weighted by atomic mass is 10.3.